The Balaban J connectivity index is 2.64. The summed E-state index contributed by atoms with van der Waals surface area (Å²) in [5.41, 5.74) is 6.43. The Morgan fingerprint density at radius 3 is 2.73 bits per heavy atom. The monoisotopic (exact) mass is 208 g/mol. The number of aromatic hydroxyl groups is 1. The van der Waals surface area contributed by atoms with Gasteiger partial charge in [0.05, 0.1) is 11.8 Å². The molecule has 0 spiro atoms. The third kappa shape index (κ3) is 1.52. The minimum atomic E-state index is -0.472. The van der Waals surface area contributed by atoms with Crippen molar-refractivity contribution >= 4 is 5.88 Å². The number of phenols is 1. The quantitative estimate of drug-likeness (QED) is 0.752. The lowest BCUT2D eigenvalue weighted by molar-refractivity contribution is 0.436. The highest BCUT2D eigenvalue weighted by Gasteiger charge is 2.14. The minimum absolute atomic E-state index is 0.00648. The van der Waals surface area contributed by atoms with Crippen LogP contribution in [0.1, 0.15) is 5.56 Å². The summed E-state index contributed by atoms with van der Waals surface area (Å²) in [7, 11) is 0. The van der Waals surface area contributed by atoms with E-state index in [2.05, 4.69) is 9.68 Å². The van der Waals surface area contributed by atoms with Gasteiger partial charge in [-0.3, -0.25) is 0 Å². The van der Waals surface area contributed by atoms with Crippen LogP contribution in [0.5, 0.6) is 5.75 Å². The molecule has 4 nitrogen and oxygen atoms in total. The second-order valence-electron chi connectivity index (χ2n) is 3.22. The number of aromatic nitrogens is 1. The van der Waals surface area contributed by atoms with Gasteiger partial charge in [0.15, 0.2) is 0 Å². The number of benzene rings is 1. The molecule has 0 saturated heterocycles. The van der Waals surface area contributed by atoms with E-state index in [-0.39, 0.29) is 17.2 Å². The van der Waals surface area contributed by atoms with Crippen molar-refractivity contribution in [2.24, 2.45) is 0 Å². The molecule has 1 aromatic heterocycles. The fraction of sp³-hybridized carbons (Fsp3) is 0.100. The summed E-state index contributed by atoms with van der Waals surface area (Å²) >= 11 is 0. The van der Waals surface area contributed by atoms with Crippen LogP contribution in [0.3, 0.4) is 0 Å². The zero-order chi connectivity index (χ0) is 11.0. The Morgan fingerprint density at radius 2 is 2.13 bits per heavy atom. The van der Waals surface area contributed by atoms with Gasteiger partial charge in [-0.15, -0.1) is 0 Å². The van der Waals surface area contributed by atoms with Crippen molar-refractivity contribution < 1.29 is 14.0 Å². The normalized spacial score (nSPS) is 10.5. The molecule has 2 rings (SSSR count). The van der Waals surface area contributed by atoms with Crippen LogP contribution in [0.15, 0.2) is 22.9 Å². The molecule has 0 atom stereocenters. The van der Waals surface area contributed by atoms with E-state index in [9.17, 15) is 9.50 Å². The van der Waals surface area contributed by atoms with Crippen molar-refractivity contribution in [1.82, 2.24) is 5.16 Å². The molecule has 3 N–H and O–H groups in total. The number of halogens is 1. The van der Waals surface area contributed by atoms with Crippen molar-refractivity contribution in [3.8, 4) is 16.9 Å². The van der Waals surface area contributed by atoms with E-state index in [1.807, 2.05) is 0 Å². The number of phenolic OH excluding ortho intramolecular Hbond substituents is 1. The smallest absolute Gasteiger partial charge is 0.230 e. The Kier molecular flexibility index (Phi) is 2.07. The van der Waals surface area contributed by atoms with Gasteiger partial charge in [-0.2, -0.15) is 0 Å². The van der Waals surface area contributed by atoms with Crippen molar-refractivity contribution in [1.29, 1.82) is 0 Å². The van der Waals surface area contributed by atoms with E-state index < -0.39 is 5.82 Å². The number of anilines is 1. The van der Waals surface area contributed by atoms with Crippen LogP contribution in [0.25, 0.3) is 11.1 Å². The molecular formula is C10H9FN2O2. The van der Waals surface area contributed by atoms with E-state index in [1.54, 1.807) is 6.92 Å². The molecule has 0 amide bonds. The Bertz CT molecular complexity index is 508. The summed E-state index contributed by atoms with van der Waals surface area (Å²) in [6.07, 6.45) is 1.31. The number of hydrogen-bond donors (Lipinski definition) is 2. The standard InChI is InChI=1S/C10H9FN2O2/c1-5-2-8(11)6(3-9(5)14)7-4-13-15-10(7)12/h2-4,14H,12H2,1H3. The van der Waals surface area contributed by atoms with E-state index in [4.69, 9.17) is 5.73 Å². The lowest BCUT2D eigenvalue weighted by Gasteiger charge is -2.04. The molecule has 0 bridgehead atoms. The highest BCUT2D eigenvalue weighted by Crippen LogP contribution is 2.32. The first-order valence-electron chi connectivity index (χ1n) is 4.29. The molecule has 0 aliphatic rings. The maximum Gasteiger partial charge on any atom is 0.230 e. The second-order valence-corrected chi connectivity index (χ2v) is 3.22. The van der Waals surface area contributed by atoms with Gasteiger partial charge in [0.2, 0.25) is 5.88 Å². The number of rotatable bonds is 1. The maximum absolute atomic E-state index is 13.5. The largest absolute Gasteiger partial charge is 0.508 e. The van der Waals surface area contributed by atoms with Gasteiger partial charge in [0, 0.05) is 5.56 Å². The number of aryl methyl sites for hydroxylation is 1. The Hall–Kier alpha value is -2.04. The number of nitrogens with zero attached hydrogens (tertiary/aromatic N) is 1. The summed E-state index contributed by atoms with van der Waals surface area (Å²) in [6, 6.07) is 2.53. The highest BCUT2D eigenvalue weighted by molar-refractivity contribution is 5.73. The first-order valence-corrected chi connectivity index (χ1v) is 4.29. The van der Waals surface area contributed by atoms with Crippen molar-refractivity contribution in [2.45, 2.75) is 6.92 Å². The zero-order valence-electron chi connectivity index (χ0n) is 7.99. The first kappa shape index (κ1) is 9.51. The lowest BCUT2D eigenvalue weighted by Crippen LogP contribution is -1.89. The number of nitrogen functional groups attached to an aromatic ring is 1. The van der Waals surface area contributed by atoms with Crippen LogP contribution in [0.2, 0.25) is 0 Å². The lowest BCUT2D eigenvalue weighted by atomic mass is 10.1. The molecule has 78 valence electrons. The molecule has 2 aromatic rings. The van der Waals surface area contributed by atoms with Gasteiger partial charge in [-0.25, -0.2) is 4.39 Å². The SMILES string of the molecule is Cc1cc(F)c(-c2cnoc2N)cc1O. The summed E-state index contributed by atoms with van der Waals surface area (Å²) in [4.78, 5) is 0. The first-order chi connectivity index (χ1) is 7.09. The van der Waals surface area contributed by atoms with E-state index in [0.717, 1.165) is 0 Å². The van der Waals surface area contributed by atoms with E-state index >= 15 is 0 Å². The maximum atomic E-state index is 13.5. The van der Waals surface area contributed by atoms with E-state index in [1.165, 1.54) is 18.3 Å². The van der Waals surface area contributed by atoms with Gasteiger partial charge in [-0.1, -0.05) is 5.16 Å². The fourth-order valence-electron chi connectivity index (χ4n) is 1.32. The summed E-state index contributed by atoms with van der Waals surface area (Å²) < 4.78 is 18.2. The molecule has 1 heterocycles. The number of nitrogens with two attached hydrogens (primary N) is 1. The highest BCUT2D eigenvalue weighted by atomic mass is 19.1. The van der Waals surface area contributed by atoms with E-state index in [0.29, 0.717) is 11.1 Å². The third-order valence-electron chi connectivity index (χ3n) is 2.17. The minimum Gasteiger partial charge on any atom is -0.508 e. The Labute approximate surface area is 85.1 Å². The second kappa shape index (κ2) is 3.27. The molecule has 0 fully saturated rings. The fourth-order valence-corrected chi connectivity index (χ4v) is 1.32. The molecule has 1 aromatic carbocycles. The predicted molar refractivity (Wildman–Crippen MR) is 52.7 cm³/mol. The van der Waals surface area contributed by atoms with Gasteiger partial charge in [0.25, 0.3) is 0 Å². The summed E-state index contributed by atoms with van der Waals surface area (Å²) in [6.45, 7) is 1.61. The number of hydrogen-bond acceptors (Lipinski definition) is 4. The van der Waals surface area contributed by atoms with Crippen LogP contribution >= 0.6 is 0 Å². The molecule has 0 radical (unpaired) electrons. The molecule has 0 aliphatic carbocycles. The topological polar surface area (TPSA) is 72.3 Å². The molecule has 0 aliphatic heterocycles. The van der Waals surface area contributed by atoms with Crippen LogP contribution in [-0.4, -0.2) is 10.3 Å². The Morgan fingerprint density at radius 1 is 1.40 bits per heavy atom. The van der Waals surface area contributed by atoms with Crippen molar-refractivity contribution in [3.05, 3.63) is 29.7 Å². The van der Waals surface area contributed by atoms with Crippen LogP contribution in [0.4, 0.5) is 10.3 Å². The summed E-state index contributed by atoms with van der Waals surface area (Å²) in [5.74, 6) is -0.440. The van der Waals surface area contributed by atoms with Crippen LogP contribution in [0, 0.1) is 12.7 Å². The average Bonchev–Trinajstić information content (AvgIpc) is 2.58. The predicted octanol–water partition coefficient (Wildman–Crippen LogP) is 2.08. The molecule has 0 unspecified atom stereocenters. The van der Waals surface area contributed by atoms with Crippen molar-refractivity contribution in [3.63, 3.8) is 0 Å². The molecule has 5 heteroatoms. The van der Waals surface area contributed by atoms with Gasteiger partial charge in [-0.05, 0) is 24.6 Å². The molecule has 0 saturated carbocycles. The van der Waals surface area contributed by atoms with Crippen molar-refractivity contribution in [2.75, 3.05) is 5.73 Å². The zero-order valence-corrected chi connectivity index (χ0v) is 7.99. The molecule has 15 heavy (non-hydrogen) atoms. The van der Waals surface area contributed by atoms with Crippen LogP contribution < -0.4 is 5.73 Å². The third-order valence-corrected chi connectivity index (χ3v) is 2.17. The van der Waals surface area contributed by atoms with Gasteiger partial charge >= 0.3 is 0 Å². The summed E-state index contributed by atoms with van der Waals surface area (Å²) in [5, 5.41) is 12.9. The molecular weight excluding hydrogens is 199 g/mol. The van der Waals surface area contributed by atoms with Gasteiger partial charge < -0.3 is 15.4 Å². The average molecular weight is 208 g/mol. The van der Waals surface area contributed by atoms with Gasteiger partial charge in [0.1, 0.15) is 11.6 Å². The van der Waals surface area contributed by atoms with Crippen LogP contribution in [-0.2, 0) is 0 Å².